The first-order chi connectivity index (χ1) is 9.70. The lowest BCUT2D eigenvalue weighted by Gasteiger charge is -2.04. The maximum atomic E-state index is 10.7. The SMILES string of the molecule is COc1ccc([N+](=O)[O-])cc1/C=N\Nc1ccccn1. The molecule has 7 nitrogen and oxygen atoms in total. The molecule has 0 aliphatic heterocycles. The first kappa shape index (κ1) is 13.5. The van der Waals surface area contributed by atoms with Crippen molar-refractivity contribution in [2.75, 3.05) is 12.5 Å². The number of nitro benzene ring substituents is 1. The summed E-state index contributed by atoms with van der Waals surface area (Å²) in [4.78, 5) is 14.3. The van der Waals surface area contributed by atoms with Gasteiger partial charge in [-0.1, -0.05) is 6.07 Å². The van der Waals surface area contributed by atoms with E-state index >= 15 is 0 Å². The molecule has 0 unspecified atom stereocenters. The predicted octanol–water partition coefficient (Wildman–Crippen LogP) is 2.44. The Hall–Kier alpha value is -2.96. The van der Waals surface area contributed by atoms with Crippen molar-refractivity contribution < 1.29 is 9.66 Å². The van der Waals surface area contributed by atoms with Gasteiger partial charge in [0.25, 0.3) is 5.69 Å². The van der Waals surface area contributed by atoms with Crippen LogP contribution >= 0.6 is 0 Å². The van der Waals surface area contributed by atoms with E-state index in [0.29, 0.717) is 17.1 Å². The van der Waals surface area contributed by atoms with Gasteiger partial charge < -0.3 is 4.74 Å². The second-order valence-corrected chi connectivity index (χ2v) is 3.77. The first-order valence-electron chi connectivity index (χ1n) is 5.73. The molecular weight excluding hydrogens is 260 g/mol. The molecule has 0 fully saturated rings. The van der Waals surface area contributed by atoms with Crippen LogP contribution in [0.1, 0.15) is 5.56 Å². The second kappa shape index (κ2) is 6.28. The third-order valence-electron chi connectivity index (χ3n) is 2.47. The normalized spacial score (nSPS) is 10.4. The molecular formula is C13H12N4O3. The molecule has 1 aromatic heterocycles. The van der Waals surface area contributed by atoms with Crippen LogP contribution in [-0.2, 0) is 0 Å². The third-order valence-corrected chi connectivity index (χ3v) is 2.47. The molecule has 0 amide bonds. The number of aromatic nitrogens is 1. The van der Waals surface area contributed by atoms with Gasteiger partial charge in [-0.05, 0) is 18.2 Å². The Morgan fingerprint density at radius 1 is 1.40 bits per heavy atom. The lowest BCUT2D eigenvalue weighted by atomic mass is 10.2. The van der Waals surface area contributed by atoms with Gasteiger partial charge in [0.05, 0.1) is 18.2 Å². The van der Waals surface area contributed by atoms with Crippen LogP contribution in [0.2, 0.25) is 0 Å². The second-order valence-electron chi connectivity index (χ2n) is 3.77. The summed E-state index contributed by atoms with van der Waals surface area (Å²) in [5.41, 5.74) is 3.21. The smallest absolute Gasteiger partial charge is 0.270 e. The number of non-ortho nitro benzene ring substituents is 1. The number of hydrazone groups is 1. The highest BCUT2D eigenvalue weighted by molar-refractivity contribution is 5.85. The Morgan fingerprint density at radius 2 is 2.25 bits per heavy atom. The molecule has 2 rings (SSSR count). The van der Waals surface area contributed by atoms with Gasteiger partial charge in [0.15, 0.2) is 0 Å². The number of hydrogen-bond acceptors (Lipinski definition) is 6. The Labute approximate surface area is 115 Å². The van der Waals surface area contributed by atoms with E-state index < -0.39 is 4.92 Å². The summed E-state index contributed by atoms with van der Waals surface area (Å²) in [5.74, 6) is 1.08. The van der Waals surface area contributed by atoms with Crippen molar-refractivity contribution in [3.63, 3.8) is 0 Å². The molecule has 102 valence electrons. The molecule has 0 spiro atoms. The van der Waals surface area contributed by atoms with Crippen molar-refractivity contribution in [2.45, 2.75) is 0 Å². The summed E-state index contributed by atoms with van der Waals surface area (Å²) in [6.45, 7) is 0. The molecule has 0 aliphatic carbocycles. The van der Waals surface area contributed by atoms with Crippen molar-refractivity contribution in [1.29, 1.82) is 0 Å². The summed E-state index contributed by atoms with van der Waals surface area (Å²) in [6, 6.07) is 9.66. The molecule has 0 atom stereocenters. The number of nitrogens with one attached hydrogen (secondary N) is 1. The maximum Gasteiger partial charge on any atom is 0.270 e. The fourth-order valence-electron chi connectivity index (χ4n) is 1.53. The minimum Gasteiger partial charge on any atom is -0.496 e. The van der Waals surface area contributed by atoms with E-state index in [1.54, 1.807) is 18.3 Å². The number of nitrogens with zero attached hydrogens (tertiary/aromatic N) is 3. The highest BCUT2D eigenvalue weighted by atomic mass is 16.6. The van der Waals surface area contributed by atoms with Crippen molar-refractivity contribution in [3.05, 3.63) is 58.3 Å². The van der Waals surface area contributed by atoms with E-state index in [2.05, 4.69) is 15.5 Å². The van der Waals surface area contributed by atoms with Crippen molar-refractivity contribution in [3.8, 4) is 5.75 Å². The molecule has 2 aromatic rings. The van der Waals surface area contributed by atoms with Crippen LogP contribution in [0.25, 0.3) is 0 Å². The Balaban J connectivity index is 2.18. The van der Waals surface area contributed by atoms with Gasteiger partial charge in [-0.15, -0.1) is 0 Å². The fourth-order valence-corrected chi connectivity index (χ4v) is 1.53. The number of nitro groups is 1. The maximum absolute atomic E-state index is 10.7. The summed E-state index contributed by atoms with van der Waals surface area (Å²) in [5, 5.41) is 14.7. The van der Waals surface area contributed by atoms with E-state index in [4.69, 9.17) is 4.74 Å². The van der Waals surface area contributed by atoms with Crippen molar-refractivity contribution in [2.24, 2.45) is 5.10 Å². The largest absolute Gasteiger partial charge is 0.496 e. The highest BCUT2D eigenvalue weighted by Gasteiger charge is 2.09. The quantitative estimate of drug-likeness (QED) is 0.513. The number of methoxy groups -OCH3 is 1. The van der Waals surface area contributed by atoms with Gasteiger partial charge in [-0.2, -0.15) is 5.10 Å². The van der Waals surface area contributed by atoms with Gasteiger partial charge >= 0.3 is 0 Å². The summed E-state index contributed by atoms with van der Waals surface area (Å²) in [7, 11) is 1.49. The highest BCUT2D eigenvalue weighted by Crippen LogP contribution is 2.22. The minimum atomic E-state index is -0.469. The van der Waals surface area contributed by atoms with Crippen LogP contribution < -0.4 is 10.2 Å². The van der Waals surface area contributed by atoms with Crippen LogP contribution in [0.4, 0.5) is 11.5 Å². The number of hydrogen-bond donors (Lipinski definition) is 1. The molecule has 0 bridgehead atoms. The molecule has 1 aromatic carbocycles. The average Bonchev–Trinajstić information content (AvgIpc) is 2.48. The van der Waals surface area contributed by atoms with Gasteiger partial charge in [-0.3, -0.25) is 15.5 Å². The molecule has 0 saturated carbocycles. The summed E-state index contributed by atoms with van der Waals surface area (Å²) < 4.78 is 5.13. The Kier molecular flexibility index (Phi) is 4.23. The minimum absolute atomic E-state index is 0.0231. The first-order valence-corrected chi connectivity index (χ1v) is 5.73. The number of benzene rings is 1. The van der Waals surface area contributed by atoms with Crippen molar-refractivity contribution in [1.82, 2.24) is 4.98 Å². The average molecular weight is 272 g/mol. The molecule has 0 saturated heterocycles. The topological polar surface area (TPSA) is 89.7 Å². The van der Waals surface area contributed by atoms with Gasteiger partial charge in [0.2, 0.25) is 0 Å². The summed E-state index contributed by atoms with van der Waals surface area (Å²) in [6.07, 6.45) is 3.08. The van der Waals surface area contributed by atoms with Crippen LogP contribution in [0.3, 0.4) is 0 Å². The monoisotopic (exact) mass is 272 g/mol. The third kappa shape index (κ3) is 3.29. The molecule has 1 N–H and O–H groups in total. The van der Waals surface area contributed by atoms with Crippen LogP contribution in [0.5, 0.6) is 5.75 Å². The predicted molar refractivity (Wildman–Crippen MR) is 75.1 cm³/mol. The standard InChI is InChI=1S/C13H12N4O3/c1-20-12-6-5-11(17(18)19)8-10(12)9-15-16-13-4-2-3-7-14-13/h2-9H,1H3,(H,14,16)/b15-9-. The fraction of sp³-hybridized carbons (Fsp3) is 0.0769. The van der Waals surface area contributed by atoms with Crippen molar-refractivity contribution >= 4 is 17.7 Å². The van der Waals surface area contributed by atoms with E-state index in [0.717, 1.165) is 0 Å². The lowest BCUT2D eigenvalue weighted by Crippen LogP contribution is -1.97. The number of pyridine rings is 1. The lowest BCUT2D eigenvalue weighted by molar-refractivity contribution is -0.384. The zero-order valence-electron chi connectivity index (χ0n) is 10.7. The Morgan fingerprint density at radius 3 is 2.90 bits per heavy atom. The van der Waals surface area contributed by atoms with Crippen LogP contribution in [-0.4, -0.2) is 23.2 Å². The number of rotatable bonds is 5. The molecule has 0 aliphatic rings. The zero-order valence-corrected chi connectivity index (χ0v) is 10.7. The zero-order chi connectivity index (χ0) is 14.4. The van der Waals surface area contributed by atoms with E-state index in [1.807, 2.05) is 6.07 Å². The number of ether oxygens (including phenoxy) is 1. The van der Waals surface area contributed by atoms with Gasteiger partial charge in [-0.25, -0.2) is 4.98 Å². The summed E-state index contributed by atoms with van der Waals surface area (Å²) >= 11 is 0. The van der Waals surface area contributed by atoms with Gasteiger partial charge in [0, 0.05) is 23.9 Å². The molecule has 7 heteroatoms. The van der Waals surface area contributed by atoms with Gasteiger partial charge in [0.1, 0.15) is 11.6 Å². The van der Waals surface area contributed by atoms with E-state index in [9.17, 15) is 10.1 Å². The van der Waals surface area contributed by atoms with Crippen LogP contribution in [0, 0.1) is 10.1 Å². The molecule has 0 radical (unpaired) electrons. The Bertz CT molecular complexity index is 629. The van der Waals surface area contributed by atoms with Crippen LogP contribution in [0.15, 0.2) is 47.7 Å². The number of anilines is 1. The van der Waals surface area contributed by atoms with E-state index in [1.165, 1.54) is 31.5 Å². The van der Waals surface area contributed by atoms with E-state index in [-0.39, 0.29) is 5.69 Å². The molecule has 20 heavy (non-hydrogen) atoms. The molecule has 1 heterocycles.